The van der Waals surface area contributed by atoms with Gasteiger partial charge in [-0.05, 0) is 0 Å². The first kappa shape index (κ1) is 29.5. The molecule has 0 radical (unpaired) electrons. The van der Waals surface area contributed by atoms with Crippen LogP contribution in [-0.2, 0) is 76.7 Å². The van der Waals surface area contributed by atoms with Crippen molar-refractivity contribution < 1.29 is 96.3 Å². The quantitative estimate of drug-likeness (QED) is 0.355. The molecule has 0 spiro atoms. The second-order valence-corrected chi connectivity index (χ2v) is 3.42. The zero-order chi connectivity index (χ0) is 7.71. The summed E-state index contributed by atoms with van der Waals surface area (Å²) in [6, 6.07) is 0. The Morgan fingerprint density at radius 1 is 0.923 bits per heavy atom. The van der Waals surface area contributed by atoms with Crippen molar-refractivity contribution in [1.29, 1.82) is 0 Å². The van der Waals surface area contributed by atoms with E-state index >= 15 is 0 Å². The van der Waals surface area contributed by atoms with E-state index in [1.165, 1.54) is 0 Å². The van der Waals surface area contributed by atoms with E-state index in [4.69, 9.17) is 0 Å². The maximum absolute atomic E-state index is 9.32. The molecule has 0 aromatic rings. The van der Waals surface area contributed by atoms with Crippen LogP contribution in [0.4, 0.5) is 0 Å². The van der Waals surface area contributed by atoms with Crippen LogP contribution < -0.4 is 25.7 Å². The molecular weight excluding hydrogens is 424 g/mol. The van der Waals surface area contributed by atoms with Gasteiger partial charge < -0.3 is 39.2 Å². The first-order valence-electron chi connectivity index (χ1n) is 1.46. The molecule has 0 amide bonds. The molecule has 0 rings (SSSR count). The van der Waals surface area contributed by atoms with Gasteiger partial charge in [0.25, 0.3) is 0 Å². The maximum atomic E-state index is 9.32. The Morgan fingerprint density at radius 2 is 1.08 bits per heavy atom. The molecule has 13 heavy (non-hydrogen) atoms. The third kappa shape index (κ3) is 31.4. The van der Waals surface area contributed by atoms with Crippen LogP contribution in [0.15, 0.2) is 0 Å². The Bertz CT molecular complexity index is 167. The number of phosphoric acid groups is 2. The van der Waals surface area contributed by atoms with E-state index in [2.05, 4.69) is 4.31 Å². The van der Waals surface area contributed by atoms with E-state index in [9.17, 15) is 28.7 Å². The van der Waals surface area contributed by atoms with Crippen molar-refractivity contribution >= 4 is 15.6 Å². The van der Waals surface area contributed by atoms with Gasteiger partial charge in [-0.25, -0.2) is 0 Å². The molecule has 0 bridgehead atoms. The van der Waals surface area contributed by atoms with E-state index in [0.29, 0.717) is 0 Å². The fourth-order valence-corrected chi connectivity index (χ4v) is 1.10. The van der Waals surface area contributed by atoms with Gasteiger partial charge in [0.15, 0.2) is 0 Å². The van der Waals surface area contributed by atoms with Gasteiger partial charge in [-0.2, -0.15) is 0 Å². The van der Waals surface area contributed by atoms with E-state index in [-0.39, 0.29) is 69.4 Å². The second kappa shape index (κ2) is 10.8. The standard InChI is InChI=1S/Cd.H3N.Ni.H4O7P2.Zn/c;;;1-8(2,3)7-9(4,5)6;/h;1H3;;(H2,1,2,3)(H2,4,5,6);/q+2;;+2;;+2/p-4. The number of hydrogen-bond donors (Lipinski definition) is 1. The van der Waals surface area contributed by atoms with Crippen molar-refractivity contribution in [1.82, 2.24) is 6.15 Å². The Kier molecular flexibility index (Phi) is 24.4. The minimum atomic E-state index is -5.68. The van der Waals surface area contributed by atoms with Crippen molar-refractivity contribution in [2.45, 2.75) is 0 Å². The first-order chi connectivity index (χ1) is 3.71. The predicted octanol–water partition coefficient (Wildman–Crippen LogP) is -3.19. The van der Waals surface area contributed by atoms with E-state index in [0.717, 1.165) is 0 Å². The molecule has 0 aliphatic heterocycles. The largest absolute Gasteiger partial charge is 2.00 e. The smallest absolute Gasteiger partial charge is 0.790 e. The summed E-state index contributed by atoms with van der Waals surface area (Å²) in [7, 11) is -11.4. The molecule has 72 valence electrons. The van der Waals surface area contributed by atoms with Gasteiger partial charge in [-0.15, -0.1) is 0 Å². The van der Waals surface area contributed by atoms with Gasteiger partial charge in [0.2, 0.25) is 0 Å². The molecule has 0 saturated carbocycles. The Balaban J connectivity index is -0.0000000533. The molecule has 13 heteroatoms. The normalized spacial score (nSPS) is 9.54. The molecular formula is H3CdNNiO7P2Zn+2. The summed E-state index contributed by atoms with van der Waals surface area (Å²) >= 11 is 0. The molecule has 8 nitrogen and oxygen atoms in total. The fraction of sp³-hybridized carbons (Fsp3) is 0. The number of rotatable bonds is 2. The number of hydrogen-bond acceptors (Lipinski definition) is 8. The predicted molar refractivity (Wildman–Crippen MR) is 21.3 cm³/mol. The first-order valence-corrected chi connectivity index (χ1v) is 4.38. The van der Waals surface area contributed by atoms with Crippen LogP contribution in [0.1, 0.15) is 0 Å². The van der Waals surface area contributed by atoms with Gasteiger partial charge in [0, 0.05) is 0 Å². The van der Waals surface area contributed by atoms with Crippen LogP contribution in [-0.4, -0.2) is 0 Å². The van der Waals surface area contributed by atoms with Crippen molar-refractivity contribution in [3.63, 3.8) is 0 Å². The molecule has 0 aromatic heterocycles. The monoisotopic (exact) mass is 427 g/mol. The molecule has 0 saturated heterocycles. The van der Waals surface area contributed by atoms with Crippen molar-refractivity contribution in [2.75, 3.05) is 0 Å². The summed E-state index contributed by atoms with van der Waals surface area (Å²) in [5.74, 6) is 0. The molecule has 0 atom stereocenters. The average Bonchev–Trinajstić information content (AvgIpc) is 1.14. The zero-order valence-corrected chi connectivity index (χ0v) is 16.0. The van der Waals surface area contributed by atoms with Gasteiger partial charge >= 0.3 is 63.3 Å². The second-order valence-electron chi connectivity index (χ2n) is 0.976. The van der Waals surface area contributed by atoms with Crippen LogP contribution >= 0.6 is 15.6 Å². The van der Waals surface area contributed by atoms with Crippen LogP contribution in [0, 0.1) is 0 Å². The summed E-state index contributed by atoms with van der Waals surface area (Å²) in [6.45, 7) is 0. The van der Waals surface area contributed by atoms with Gasteiger partial charge in [-0.1, -0.05) is 0 Å². The van der Waals surface area contributed by atoms with Crippen LogP contribution in [0.3, 0.4) is 0 Å². The van der Waals surface area contributed by atoms with Crippen molar-refractivity contribution in [3.05, 3.63) is 0 Å². The van der Waals surface area contributed by atoms with Gasteiger partial charge in [0.1, 0.15) is 0 Å². The van der Waals surface area contributed by atoms with Crippen LogP contribution in [0.2, 0.25) is 0 Å². The third-order valence-electron chi connectivity index (χ3n) is 0.200. The Morgan fingerprint density at radius 3 is 1.08 bits per heavy atom. The third-order valence-corrected chi connectivity index (χ3v) is 1.80. The maximum Gasteiger partial charge on any atom is 2.00 e. The van der Waals surface area contributed by atoms with Gasteiger partial charge in [-0.3, -0.25) is 0 Å². The van der Waals surface area contributed by atoms with Crippen molar-refractivity contribution in [3.8, 4) is 0 Å². The van der Waals surface area contributed by atoms with Gasteiger partial charge in [0.05, 0.1) is 15.6 Å². The fourth-order valence-electron chi connectivity index (χ4n) is 0.122. The SMILES string of the molecule is N.O=P([O-])([O-])OP(=O)([O-])[O-].[Cd+2].[Ni+2].[Zn+2]. The molecule has 3 N–H and O–H groups in total. The molecule has 0 heterocycles. The Labute approximate surface area is 117 Å². The summed E-state index contributed by atoms with van der Waals surface area (Å²) in [5, 5.41) is 0. The molecule has 0 unspecified atom stereocenters. The van der Waals surface area contributed by atoms with Crippen LogP contribution in [0.5, 0.6) is 0 Å². The average molecular weight is 427 g/mol. The summed E-state index contributed by atoms with van der Waals surface area (Å²) in [4.78, 5) is 37.3. The van der Waals surface area contributed by atoms with E-state index in [1.807, 2.05) is 0 Å². The molecule has 0 aromatic carbocycles. The van der Waals surface area contributed by atoms with Crippen LogP contribution in [0.25, 0.3) is 0 Å². The minimum absolute atomic E-state index is 0. The zero-order valence-electron chi connectivity index (χ0n) is 6.19. The topological polar surface area (TPSA) is 171 Å². The summed E-state index contributed by atoms with van der Waals surface area (Å²) in [5.41, 5.74) is 0. The summed E-state index contributed by atoms with van der Waals surface area (Å²) in [6.07, 6.45) is 0. The summed E-state index contributed by atoms with van der Waals surface area (Å²) < 4.78 is 21.2. The minimum Gasteiger partial charge on any atom is -0.790 e. The molecule has 0 fully saturated rings. The molecule has 0 aliphatic rings. The molecule has 0 aliphatic carbocycles. The van der Waals surface area contributed by atoms with Crippen molar-refractivity contribution in [2.24, 2.45) is 0 Å². The Hall–Kier alpha value is 2.26. The van der Waals surface area contributed by atoms with E-state index in [1.54, 1.807) is 0 Å². The van der Waals surface area contributed by atoms with E-state index < -0.39 is 15.6 Å².